The second-order valence-corrected chi connectivity index (χ2v) is 8.87. The molecule has 1 aliphatic rings. The fraction of sp³-hybridized carbons (Fsp3) is 0.857. The molecule has 0 radical (unpaired) electrons. The SMILES string of the molecule is CCO[Si](CCCSC1CC(=O)CC1=O)(OCC)OCC. The quantitative estimate of drug-likeness (QED) is 0.329. The summed E-state index contributed by atoms with van der Waals surface area (Å²) in [6.07, 6.45) is 1.39. The minimum atomic E-state index is -2.57. The second-order valence-electron chi connectivity index (χ2n) is 4.83. The normalized spacial score (nSPS) is 19.5. The van der Waals surface area contributed by atoms with Crippen molar-refractivity contribution in [3.8, 4) is 0 Å². The van der Waals surface area contributed by atoms with E-state index in [0.717, 1.165) is 18.2 Å². The van der Waals surface area contributed by atoms with E-state index < -0.39 is 8.80 Å². The maximum absolute atomic E-state index is 11.6. The van der Waals surface area contributed by atoms with Gasteiger partial charge in [-0.1, -0.05) is 0 Å². The van der Waals surface area contributed by atoms with Gasteiger partial charge < -0.3 is 13.3 Å². The number of thioether (sulfide) groups is 1. The minimum Gasteiger partial charge on any atom is -0.374 e. The van der Waals surface area contributed by atoms with Crippen molar-refractivity contribution >= 4 is 32.1 Å². The zero-order chi connectivity index (χ0) is 15.7. The Kier molecular flexibility index (Phi) is 8.73. The van der Waals surface area contributed by atoms with E-state index >= 15 is 0 Å². The van der Waals surface area contributed by atoms with Crippen molar-refractivity contribution in [3.05, 3.63) is 0 Å². The third-order valence-corrected chi connectivity index (χ3v) is 7.69. The Morgan fingerprint density at radius 2 is 1.67 bits per heavy atom. The third-order valence-electron chi connectivity index (χ3n) is 3.18. The van der Waals surface area contributed by atoms with Crippen LogP contribution in [0, 0.1) is 0 Å². The topological polar surface area (TPSA) is 61.8 Å². The van der Waals surface area contributed by atoms with Gasteiger partial charge in [-0.05, 0) is 32.9 Å². The highest BCUT2D eigenvalue weighted by Gasteiger charge is 2.40. The Morgan fingerprint density at radius 1 is 1.10 bits per heavy atom. The molecule has 0 aromatic carbocycles. The highest BCUT2D eigenvalue weighted by atomic mass is 32.2. The lowest BCUT2D eigenvalue weighted by molar-refractivity contribution is -0.121. The van der Waals surface area contributed by atoms with Crippen LogP contribution < -0.4 is 0 Å². The van der Waals surface area contributed by atoms with Gasteiger partial charge in [-0.2, -0.15) is 11.8 Å². The molecular weight excluding hydrogens is 308 g/mol. The molecular formula is C14H26O5SSi. The van der Waals surface area contributed by atoms with Crippen molar-refractivity contribution in [1.29, 1.82) is 0 Å². The standard InChI is InChI=1S/C14H26O5SSi/c1-4-17-21(18-5-2,19-6-3)9-7-8-20-14-11-12(15)10-13(14)16/h14H,4-11H2,1-3H3. The molecule has 1 fully saturated rings. The van der Waals surface area contributed by atoms with Gasteiger partial charge in [-0.15, -0.1) is 0 Å². The maximum Gasteiger partial charge on any atom is 0.500 e. The fourth-order valence-electron chi connectivity index (χ4n) is 2.37. The van der Waals surface area contributed by atoms with E-state index in [1.807, 2.05) is 20.8 Å². The van der Waals surface area contributed by atoms with Crippen LogP contribution in [0.3, 0.4) is 0 Å². The van der Waals surface area contributed by atoms with Crippen LogP contribution >= 0.6 is 11.8 Å². The first-order valence-corrected chi connectivity index (χ1v) is 10.6. The predicted molar refractivity (Wildman–Crippen MR) is 85.6 cm³/mol. The van der Waals surface area contributed by atoms with E-state index in [2.05, 4.69) is 0 Å². The summed E-state index contributed by atoms with van der Waals surface area (Å²) in [5.41, 5.74) is 0. The van der Waals surface area contributed by atoms with Crippen molar-refractivity contribution in [3.63, 3.8) is 0 Å². The third kappa shape index (κ3) is 6.20. The van der Waals surface area contributed by atoms with Crippen molar-refractivity contribution in [2.75, 3.05) is 25.6 Å². The summed E-state index contributed by atoms with van der Waals surface area (Å²) < 4.78 is 17.4. The first-order valence-electron chi connectivity index (χ1n) is 7.64. The van der Waals surface area contributed by atoms with E-state index in [4.69, 9.17) is 13.3 Å². The molecule has 0 amide bonds. The fourth-order valence-corrected chi connectivity index (χ4v) is 6.41. The Hall–Kier alpha value is -0.213. The Bertz CT molecular complexity index is 333. The number of ketones is 2. The zero-order valence-electron chi connectivity index (χ0n) is 13.2. The molecule has 1 aliphatic carbocycles. The van der Waals surface area contributed by atoms with Gasteiger partial charge in [-0.3, -0.25) is 9.59 Å². The summed E-state index contributed by atoms with van der Waals surface area (Å²) in [5, 5.41) is -0.139. The summed E-state index contributed by atoms with van der Waals surface area (Å²) in [6.45, 7) is 7.56. The van der Waals surface area contributed by atoms with Gasteiger partial charge in [0.05, 0.1) is 11.7 Å². The molecule has 1 atom stereocenters. The molecule has 0 aliphatic heterocycles. The number of rotatable bonds is 11. The summed E-state index contributed by atoms with van der Waals surface area (Å²) in [5.74, 6) is 0.971. The molecule has 1 rings (SSSR count). The molecule has 0 N–H and O–H groups in total. The van der Waals surface area contributed by atoms with Crippen LogP contribution in [0.1, 0.15) is 40.0 Å². The van der Waals surface area contributed by atoms with Crippen LogP contribution in [-0.2, 0) is 22.9 Å². The zero-order valence-corrected chi connectivity index (χ0v) is 15.0. The average molecular weight is 335 g/mol. The number of carbonyl (C=O) groups is 2. The van der Waals surface area contributed by atoms with Crippen molar-refractivity contribution in [2.24, 2.45) is 0 Å². The molecule has 122 valence electrons. The minimum absolute atomic E-state index is 0.0687. The van der Waals surface area contributed by atoms with Crippen molar-refractivity contribution in [1.82, 2.24) is 0 Å². The van der Waals surface area contributed by atoms with Crippen LogP contribution in [0.25, 0.3) is 0 Å². The van der Waals surface area contributed by atoms with Crippen molar-refractivity contribution in [2.45, 2.75) is 51.3 Å². The summed E-state index contributed by atoms with van der Waals surface area (Å²) in [7, 11) is -2.57. The molecule has 0 aromatic rings. The first-order chi connectivity index (χ1) is 10.1. The van der Waals surface area contributed by atoms with E-state index in [1.54, 1.807) is 11.8 Å². The Balaban J connectivity index is 2.38. The molecule has 0 saturated heterocycles. The number of carbonyl (C=O) groups excluding carboxylic acids is 2. The van der Waals surface area contributed by atoms with Crippen LogP contribution in [-0.4, -0.2) is 51.2 Å². The van der Waals surface area contributed by atoms with E-state index in [0.29, 0.717) is 26.2 Å². The van der Waals surface area contributed by atoms with E-state index in [1.165, 1.54) is 0 Å². The summed E-state index contributed by atoms with van der Waals surface area (Å²) in [4.78, 5) is 22.8. The van der Waals surface area contributed by atoms with Gasteiger partial charge in [0.15, 0.2) is 5.78 Å². The van der Waals surface area contributed by atoms with Crippen LogP contribution in [0.4, 0.5) is 0 Å². The number of hydrogen-bond donors (Lipinski definition) is 0. The monoisotopic (exact) mass is 334 g/mol. The van der Waals surface area contributed by atoms with Gasteiger partial charge in [0.1, 0.15) is 5.78 Å². The largest absolute Gasteiger partial charge is 0.500 e. The van der Waals surface area contributed by atoms with Crippen molar-refractivity contribution < 1.29 is 22.9 Å². The lowest BCUT2D eigenvalue weighted by atomic mass is 10.3. The predicted octanol–water partition coefficient (Wildman–Crippen LogP) is 2.46. The average Bonchev–Trinajstić information content (AvgIpc) is 2.74. The van der Waals surface area contributed by atoms with Crippen LogP contribution in [0.5, 0.6) is 0 Å². The molecule has 5 nitrogen and oxygen atoms in total. The van der Waals surface area contributed by atoms with E-state index in [9.17, 15) is 9.59 Å². The van der Waals surface area contributed by atoms with Crippen LogP contribution in [0.15, 0.2) is 0 Å². The Morgan fingerprint density at radius 3 is 2.10 bits per heavy atom. The van der Waals surface area contributed by atoms with E-state index in [-0.39, 0.29) is 23.2 Å². The maximum atomic E-state index is 11.6. The smallest absolute Gasteiger partial charge is 0.374 e. The molecule has 7 heteroatoms. The first kappa shape index (κ1) is 18.8. The molecule has 0 spiro atoms. The molecule has 1 unspecified atom stereocenters. The molecule has 0 aromatic heterocycles. The van der Waals surface area contributed by atoms with Gasteiger partial charge in [0.2, 0.25) is 0 Å². The highest BCUT2D eigenvalue weighted by Crippen LogP contribution is 2.27. The highest BCUT2D eigenvalue weighted by molar-refractivity contribution is 8.00. The Labute approximate surface area is 132 Å². The summed E-state index contributed by atoms with van der Waals surface area (Å²) in [6, 6.07) is 0.754. The van der Waals surface area contributed by atoms with Crippen LogP contribution in [0.2, 0.25) is 6.04 Å². The van der Waals surface area contributed by atoms with Gasteiger partial charge in [0, 0.05) is 32.3 Å². The molecule has 0 bridgehead atoms. The number of hydrogen-bond acceptors (Lipinski definition) is 6. The second kappa shape index (κ2) is 9.73. The molecule has 1 saturated carbocycles. The summed E-state index contributed by atoms with van der Waals surface area (Å²) >= 11 is 1.58. The number of Topliss-reactive ketones (excluding diaryl/α,β-unsaturated/α-hetero) is 2. The van der Waals surface area contributed by atoms with Gasteiger partial charge >= 0.3 is 8.80 Å². The molecule has 21 heavy (non-hydrogen) atoms. The molecule has 0 heterocycles. The van der Waals surface area contributed by atoms with Gasteiger partial charge in [0.25, 0.3) is 0 Å². The van der Waals surface area contributed by atoms with Gasteiger partial charge in [-0.25, -0.2) is 0 Å². The lowest BCUT2D eigenvalue weighted by Gasteiger charge is -2.28. The lowest BCUT2D eigenvalue weighted by Crippen LogP contribution is -2.46.